The van der Waals surface area contributed by atoms with Gasteiger partial charge in [-0.2, -0.15) is 4.72 Å². The van der Waals surface area contributed by atoms with Crippen LogP contribution in [0.5, 0.6) is 5.75 Å². The summed E-state index contributed by atoms with van der Waals surface area (Å²) in [6.45, 7) is 5.56. The average molecular weight is 396 g/mol. The van der Waals surface area contributed by atoms with Crippen molar-refractivity contribution in [2.45, 2.75) is 31.7 Å². The Morgan fingerprint density at radius 1 is 0.821 bits per heavy atom. The van der Waals surface area contributed by atoms with Crippen LogP contribution in [0.25, 0.3) is 0 Å². The second kappa shape index (κ2) is 8.17. The highest BCUT2D eigenvalue weighted by molar-refractivity contribution is 7.89. The smallest absolute Gasteiger partial charge is 0.241 e. The number of methoxy groups -OCH3 is 1. The average Bonchev–Trinajstić information content (AvgIpc) is 2.66. The Labute approximate surface area is 167 Å². The molecule has 0 fully saturated rings. The molecule has 1 atom stereocenters. The summed E-state index contributed by atoms with van der Waals surface area (Å²) >= 11 is 0. The standard InChI is InChI=1S/C23H25NO3S/c1-16-10-8-9-13-21(16)22(19-11-6-5-7-12-19)24-28(25,26)23-17(2)14-20(27-4)15-18(23)3/h5-15,22,24H,1-4H3/t22-/m1/s1. The lowest BCUT2D eigenvalue weighted by atomic mass is 9.96. The SMILES string of the molecule is COc1cc(C)c(S(=O)(=O)N[C@H](c2ccccc2)c2ccccc2C)c(C)c1. The zero-order valence-electron chi connectivity index (χ0n) is 16.6. The van der Waals surface area contributed by atoms with E-state index in [0.29, 0.717) is 21.8 Å². The molecular formula is C23H25NO3S. The molecule has 28 heavy (non-hydrogen) atoms. The first kappa shape index (κ1) is 20.1. The van der Waals surface area contributed by atoms with Crippen LogP contribution in [-0.2, 0) is 10.0 Å². The highest BCUT2D eigenvalue weighted by Crippen LogP contribution is 2.30. The van der Waals surface area contributed by atoms with E-state index in [4.69, 9.17) is 4.74 Å². The molecule has 0 aliphatic rings. The van der Waals surface area contributed by atoms with Crippen molar-refractivity contribution in [1.29, 1.82) is 0 Å². The van der Waals surface area contributed by atoms with Crippen LogP contribution in [-0.4, -0.2) is 15.5 Å². The van der Waals surface area contributed by atoms with Crippen molar-refractivity contribution in [2.24, 2.45) is 0 Å². The first-order chi connectivity index (χ1) is 13.3. The Hall–Kier alpha value is -2.63. The molecule has 0 aliphatic carbocycles. The maximum Gasteiger partial charge on any atom is 0.241 e. The summed E-state index contributed by atoms with van der Waals surface area (Å²) in [6, 6.07) is 20.5. The third kappa shape index (κ3) is 4.11. The molecule has 0 amide bonds. The summed E-state index contributed by atoms with van der Waals surface area (Å²) in [5, 5.41) is 0. The lowest BCUT2D eigenvalue weighted by molar-refractivity contribution is 0.413. The van der Waals surface area contributed by atoms with Gasteiger partial charge in [0.25, 0.3) is 0 Å². The second-order valence-corrected chi connectivity index (χ2v) is 8.56. The summed E-state index contributed by atoms with van der Waals surface area (Å²) in [7, 11) is -2.19. The highest BCUT2D eigenvalue weighted by Gasteiger charge is 2.26. The minimum atomic E-state index is -3.76. The predicted octanol–water partition coefficient (Wildman–Crippen LogP) is 4.69. The van der Waals surface area contributed by atoms with Gasteiger partial charge in [0.2, 0.25) is 10.0 Å². The van der Waals surface area contributed by atoms with E-state index < -0.39 is 16.1 Å². The Morgan fingerprint density at radius 2 is 1.39 bits per heavy atom. The molecule has 146 valence electrons. The van der Waals surface area contributed by atoms with Gasteiger partial charge < -0.3 is 4.74 Å². The normalized spacial score (nSPS) is 12.6. The summed E-state index contributed by atoms with van der Waals surface area (Å²) in [5.41, 5.74) is 4.16. The van der Waals surface area contributed by atoms with E-state index in [2.05, 4.69) is 4.72 Å². The van der Waals surface area contributed by atoms with Crippen LogP contribution in [0.4, 0.5) is 0 Å². The summed E-state index contributed by atoms with van der Waals surface area (Å²) < 4.78 is 35.0. The first-order valence-electron chi connectivity index (χ1n) is 9.11. The van der Waals surface area contributed by atoms with E-state index in [0.717, 1.165) is 16.7 Å². The lowest BCUT2D eigenvalue weighted by Gasteiger charge is -2.23. The van der Waals surface area contributed by atoms with E-state index in [1.807, 2.05) is 61.5 Å². The van der Waals surface area contributed by atoms with Gasteiger partial charge in [-0.15, -0.1) is 0 Å². The molecule has 0 spiro atoms. The minimum absolute atomic E-state index is 0.294. The third-order valence-electron chi connectivity index (χ3n) is 4.84. The van der Waals surface area contributed by atoms with Crippen LogP contribution in [0.2, 0.25) is 0 Å². The molecule has 3 aromatic rings. The van der Waals surface area contributed by atoms with Gasteiger partial charge in [-0.25, -0.2) is 8.42 Å². The number of sulfonamides is 1. The maximum absolute atomic E-state index is 13.4. The van der Waals surface area contributed by atoms with E-state index in [1.54, 1.807) is 33.1 Å². The molecule has 0 saturated heterocycles. The van der Waals surface area contributed by atoms with Gasteiger partial charge in [0.15, 0.2) is 0 Å². The van der Waals surface area contributed by atoms with Crippen molar-refractivity contribution in [3.8, 4) is 5.75 Å². The largest absolute Gasteiger partial charge is 0.497 e. The van der Waals surface area contributed by atoms with E-state index in [1.165, 1.54) is 0 Å². The zero-order chi connectivity index (χ0) is 20.3. The molecule has 0 heterocycles. The van der Waals surface area contributed by atoms with Crippen LogP contribution in [0.1, 0.15) is 33.9 Å². The maximum atomic E-state index is 13.4. The van der Waals surface area contributed by atoms with E-state index in [9.17, 15) is 8.42 Å². The summed E-state index contributed by atoms with van der Waals surface area (Å²) in [5.74, 6) is 0.646. The number of hydrogen-bond acceptors (Lipinski definition) is 3. The molecule has 4 nitrogen and oxygen atoms in total. The Balaban J connectivity index is 2.10. The van der Waals surface area contributed by atoms with Crippen LogP contribution in [0.15, 0.2) is 71.6 Å². The molecule has 3 rings (SSSR count). The Bertz CT molecular complexity index is 1050. The van der Waals surface area contributed by atoms with Crippen molar-refractivity contribution >= 4 is 10.0 Å². The fraction of sp³-hybridized carbons (Fsp3) is 0.217. The molecule has 1 N–H and O–H groups in total. The van der Waals surface area contributed by atoms with Gasteiger partial charge >= 0.3 is 0 Å². The van der Waals surface area contributed by atoms with E-state index in [-0.39, 0.29) is 0 Å². The monoisotopic (exact) mass is 395 g/mol. The predicted molar refractivity (Wildman–Crippen MR) is 112 cm³/mol. The van der Waals surface area contributed by atoms with Crippen molar-refractivity contribution in [2.75, 3.05) is 7.11 Å². The van der Waals surface area contributed by atoms with Crippen LogP contribution in [0.3, 0.4) is 0 Å². The summed E-state index contributed by atoms with van der Waals surface area (Å²) in [6.07, 6.45) is 0. The molecular weight excluding hydrogens is 370 g/mol. The van der Waals surface area contributed by atoms with Gasteiger partial charge in [-0.3, -0.25) is 0 Å². The number of ether oxygens (including phenoxy) is 1. The quantitative estimate of drug-likeness (QED) is 0.659. The van der Waals surface area contributed by atoms with Gasteiger partial charge in [-0.1, -0.05) is 54.6 Å². The highest BCUT2D eigenvalue weighted by atomic mass is 32.2. The van der Waals surface area contributed by atoms with Crippen molar-refractivity contribution in [3.05, 3.63) is 94.5 Å². The molecule has 0 aliphatic heterocycles. The minimum Gasteiger partial charge on any atom is -0.497 e. The number of benzene rings is 3. The molecule has 0 aromatic heterocycles. The zero-order valence-corrected chi connectivity index (χ0v) is 17.4. The lowest BCUT2D eigenvalue weighted by Crippen LogP contribution is -2.31. The molecule has 0 radical (unpaired) electrons. The van der Waals surface area contributed by atoms with Crippen LogP contribution in [0, 0.1) is 20.8 Å². The number of aryl methyl sites for hydroxylation is 3. The molecule has 5 heteroatoms. The topological polar surface area (TPSA) is 55.4 Å². The first-order valence-corrected chi connectivity index (χ1v) is 10.6. The van der Waals surface area contributed by atoms with Gasteiger partial charge in [0.1, 0.15) is 5.75 Å². The van der Waals surface area contributed by atoms with Crippen LogP contribution >= 0.6 is 0 Å². The fourth-order valence-electron chi connectivity index (χ4n) is 3.53. The van der Waals surface area contributed by atoms with Gasteiger partial charge in [0, 0.05) is 0 Å². The second-order valence-electron chi connectivity index (χ2n) is 6.91. The van der Waals surface area contributed by atoms with Gasteiger partial charge in [-0.05, 0) is 60.7 Å². The molecule has 0 bridgehead atoms. The van der Waals surface area contributed by atoms with E-state index >= 15 is 0 Å². The molecule has 0 saturated carbocycles. The summed E-state index contributed by atoms with van der Waals surface area (Å²) in [4.78, 5) is 0.294. The number of rotatable bonds is 6. The van der Waals surface area contributed by atoms with Crippen LogP contribution < -0.4 is 9.46 Å². The fourth-order valence-corrected chi connectivity index (χ4v) is 5.19. The molecule has 0 unspecified atom stereocenters. The van der Waals surface area contributed by atoms with Gasteiger partial charge in [0.05, 0.1) is 18.0 Å². The third-order valence-corrected chi connectivity index (χ3v) is 6.57. The Kier molecular flexibility index (Phi) is 5.87. The number of hydrogen-bond donors (Lipinski definition) is 1. The van der Waals surface area contributed by atoms with Crippen molar-refractivity contribution in [1.82, 2.24) is 4.72 Å². The molecule has 3 aromatic carbocycles. The Morgan fingerprint density at radius 3 is 1.96 bits per heavy atom. The van der Waals surface area contributed by atoms with Crippen molar-refractivity contribution < 1.29 is 13.2 Å². The number of nitrogens with one attached hydrogen (secondary N) is 1. The van der Waals surface area contributed by atoms with Crippen molar-refractivity contribution in [3.63, 3.8) is 0 Å².